The second-order valence-corrected chi connectivity index (χ2v) is 7.54. The number of hydrogen-bond donors (Lipinski definition) is 1. The van der Waals surface area contributed by atoms with Crippen molar-refractivity contribution in [1.82, 2.24) is 4.31 Å². The Bertz CT molecular complexity index is 860. The van der Waals surface area contributed by atoms with E-state index < -0.39 is 34.5 Å². The Balaban J connectivity index is 1.86. The molecule has 0 amide bonds. The summed E-state index contributed by atoms with van der Waals surface area (Å²) in [5.74, 6) is -2.23. The van der Waals surface area contributed by atoms with Crippen LogP contribution in [-0.2, 0) is 22.6 Å². The van der Waals surface area contributed by atoms with Crippen LogP contribution in [0.2, 0.25) is 0 Å². The minimum absolute atomic E-state index is 0.0175. The van der Waals surface area contributed by atoms with E-state index in [1.807, 2.05) is 6.07 Å². The molecule has 0 spiro atoms. The van der Waals surface area contributed by atoms with Crippen LogP contribution in [0.15, 0.2) is 42.5 Å². The van der Waals surface area contributed by atoms with Crippen LogP contribution in [0.1, 0.15) is 28.9 Å². The van der Waals surface area contributed by atoms with Crippen LogP contribution in [0.3, 0.4) is 0 Å². The normalized spacial score (nSPS) is 20.9. The molecule has 1 aliphatic heterocycles. The molecule has 7 heteroatoms. The third-order valence-electron chi connectivity index (χ3n) is 4.56. The van der Waals surface area contributed by atoms with Gasteiger partial charge in [-0.25, -0.2) is 13.1 Å². The summed E-state index contributed by atoms with van der Waals surface area (Å²) in [6, 6.07) is 10.3. The minimum Gasteiger partial charge on any atom is -0.396 e. The van der Waals surface area contributed by atoms with Crippen molar-refractivity contribution in [2.45, 2.75) is 31.2 Å². The number of carbonyl (C=O) groups excluding carboxylic acids is 2. The van der Waals surface area contributed by atoms with E-state index in [-0.39, 0.29) is 30.7 Å². The van der Waals surface area contributed by atoms with Gasteiger partial charge in [0.15, 0.2) is 0 Å². The predicted octanol–water partition coefficient (Wildman–Crippen LogP) is 3.23. The molecule has 2 aromatic rings. The Hall–Kier alpha value is -2.09. The Morgan fingerprint density at radius 1 is 1.04 bits per heavy atom. The van der Waals surface area contributed by atoms with E-state index >= 15 is 0 Å². The number of ketones is 2. The summed E-state index contributed by atoms with van der Waals surface area (Å²) >= 11 is 1.16. The first-order chi connectivity index (χ1) is 12.9. The van der Waals surface area contributed by atoms with E-state index in [0.29, 0.717) is 5.56 Å². The molecule has 2 atom stereocenters. The first-order valence-corrected chi connectivity index (χ1v) is 9.40. The Kier molecular flexibility index (Phi) is 6.04. The van der Waals surface area contributed by atoms with Gasteiger partial charge in [-0.3, -0.25) is 9.59 Å². The van der Waals surface area contributed by atoms with E-state index in [9.17, 15) is 18.4 Å². The van der Waals surface area contributed by atoms with Crippen molar-refractivity contribution in [1.29, 1.82) is 0 Å². The van der Waals surface area contributed by atoms with Gasteiger partial charge in [0.2, 0.25) is 11.6 Å². The number of hydrogen-bond acceptors (Lipinski definition) is 5. The average molecular weight is 391 g/mol. The largest absolute Gasteiger partial charge is 0.396 e. The summed E-state index contributed by atoms with van der Waals surface area (Å²) in [4.78, 5) is 24.8. The lowest BCUT2D eigenvalue weighted by atomic mass is 10.0. The zero-order chi connectivity index (χ0) is 19.6. The first kappa shape index (κ1) is 19.7. The zero-order valence-corrected chi connectivity index (χ0v) is 15.5. The number of aliphatic hydroxyl groups excluding tert-OH is 1. The SMILES string of the molecule is C[C@H]1C(=O)C(=O)[C@@H](c2ccccc2)SN1Cc1cc(F)c(CCO)cc1F. The van der Waals surface area contributed by atoms with Gasteiger partial charge in [0, 0.05) is 18.7 Å². The number of nitrogens with zero attached hydrogens (tertiary/aromatic N) is 1. The van der Waals surface area contributed by atoms with Crippen LogP contribution >= 0.6 is 11.9 Å². The van der Waals surface area contributed by atoms with Crippen molar-refractivity contribution < 1.29 is 23.5 Å². The molecular formula is C20H19F2NO3S. The number of rotatable bonds is 5. The van der Waals surface area contributed by atoms with E-state index in [2.05, 4.69) is 0 Å². The molecule has 0 radical (unpaired) electrons. The molecule has 4 nitrogen and oxygen atoms in total. The summed E-state index contributed by atoms with van der Waals surface area (Å²) in [6.45, 7) is 1.29. The minimum atomic E-state index is -0.734. The smallest absolute Gasteiger partial charge is 0.218 e. The van der Waals surface area contributed by atoms with Gasteiger partial charge in [-0.15, -0.1) is 0 Å². The van der Waals surface area contributed by atoms with Crippen LogP contribution in [0.25, 0.3) is 0 Å². The van der Waals surface area contributed by atoms with Crippen molar-refractivity contribution in [2.75, 3.05) is 6.61 Å². The predicted molar refractivity (Wildman–Crippen MR) is 98.9 cm³/mol. The standard InChI is InChI=1S/C20H19F2NO3S/c1-12-18(25)19(26)20(13-5-3-2-4-6-13)27-23(12)11-15-10-16(21)14(7-8-24)9-17(15)22/h2-6,9-10,12,20,24H,7-8,11H2,1H3/t12-,20+/m0/s1. The number of Topliss-reactive ketones (excluding diaryl/α,β-unsaturated/α-hetero) is 2. The fourth-order valence-electron chi connectivity index (χ4n) is 2.98. The van der Waals surface area contributed by atoms with Crippen LogP contribution in [-0.4, -0.2) is 33.6 Å². The van der Waals surface area contributed by atoms with Crippen molar-refractivity contribution in [3.63, 3.8) is 0 Å². The lowest BCUT2D eigenvalue weighted by Gasteiger charge is -2.35. The summed E-state index contributed by atoms with van der Waals surface area (Å²) < 4.78 is 30.1. The van der Waals surface area contributed by atoms with Crippen molar-refractivity contribution in [3.05, 3.63) is 70.8 Å². The van der Waals surface area contributed by atoms with E-state index in [1.165, 1.54) is 0 Å². The van der Waals surface area contributed by atoms with E-state index in [1.54, 1.807) is 35.5 Å². The Labute approximate surface area is 160 Å². The van der Waals surface area contributed by atoms with Gasteiger partial charge in [-0.05, 0) is 36.6 Å². The molecule has 1 saturated heterocycles. The maximum Gasteiger partial charge on any atom is 0.218 e. The van der Waals surface area contributed by atoms with Crippen molar-refractivity contribution >= 4 is 23.5 Å². The Morgan fingerprint density at radius 3 is 2.33 bits per heavy atom. The van der Waals surface area contributed by atoms with Gasteiger partial charge in [-0.2, -0.15) is 0 Å². The van der Waals surface area contributed by atoms with Gasteiger partial charge >= 0.3 is 0 Å². The molecule has 3 rings (SSSR count). The topological polar surface area (TPSA) is 57.6 Å². The second kappa shape index (κ2) is 8.29. The molecule has 1 fully saturated rings. The molecule has 0 aromatic heterocycles. The highest BCUT2D eigenvalue weighted by atomic mass is 32.2. The highest BCUT2D eigenvalue weighted by molar-refractivity contribution is 7.98. The highest BCUT2D eigenvalue weighted by Crippen LogP contribution is 2.40. The summed E-state index contributed by atoms with van der Waals surface area (Å²) in [5, 5.41) is 8.22. The number of carbonyl (C=O) groups is 2. The summed E-state index contributed by atoms with van der Waals surface area (Å²) in [6.07, 6.45) is 0.0287. The molecule has 2 aromatic carbocycles. The van der Waals surface area contributed by atoms with Gasteiger partial charge in [0.1, 0.15) is 16.9 Å². The maximum absolute atomic E-state index is 14.4. The van der Waals surface area contributed by atoms with Gasteiger partial charge in [0.05, 0.1) is 6.04 Å². The molecule has 142 valence electrons. The molecular weight excluding hydrogens is 372 g/mol. The van der Waals surface area contributed by atoms with Crippen LogP contribution < -0.4 is 0 Å². The van der Waals surface area contributed by atoms with Gasteiger partial charge in [-0.1, -0.05) is 42.3 Å². The quantitative estimate of drug-likeness (QED) is 0.627. The lowest BCUT2D eigenvalue weighted by molar-refractivity contribution is -0.139. The highest BCUT2D eigenvalue weighted by Gasteiger charge is 2.41. The Morgan fingerprint density at radius 2 is 1.67 bits per heavy atom. The molecule has 27 heavy (non-hydrogen) atoms. The van der Waals surface area contributed by atoms with Crippen LogP contribution in [0, 0.1) is 11.6 Å². The van der Waals surface area contributed by atoms with Crippen molar-refractivity contribution in [3.8, 4) is 0 Å². The fraction of sp³-hybridized carbons (Fsp3) is 0.300. The molecule has 0 saturated carbocycles. The van der Waals surface area contributed by atoms with Crippen molar-refractivity contribution in [2.24, 2.45) is 0 Å². The molecule has 1 heterocycles. The average Bonchev–Trinajstić information content (AvgIpc) is 2.67. The number of halogens is 2. The summed E-state index contributed by atoms with van der Waals surface area (Å²) in [5.41, 5.74) is 0.900. The fourth-order valence-corrected chi connectivity index (χ4v) is 4.24. The number of benzene rings is 2. The molecule has 1 N–H and O–H groups in total. The van der Waals surface area contributed by atoms with Crippen LogP contribution in [0.4, 0.5) is 8.78 Å². The third-order valence-corrected chi connectivity index (χ3v) is 5.97. The van der Waals surface area contributed by atoms with E-state index in [0.717, 1.165) is 24.1 Å². The lowest BCUT2D eigenvalue weighted by Crippen LogP contribution is -2.45. The third kappa shape index (κ3) is 4.10. The molecule has 0 aliphatic carbocycles. The van der Waals surface area contributed by atoms with E-state index in [4.69, 9.17) is 5.11 Å². The molecule has 0 unspecified atom stereocenters. The molecule has 1 aliphatic rings. The summed E-state index contributed by atoms with van der Waals surface area (Å²) in [7, 11) is 0. The molecule has 0 bridgehead atoms. The van der Waals surface area contributed by atoms with Gasteiger partial charge in [0.25, 0.3) is 0 Å². The van der Waals surface area contributed by atoms with Crippen LogP contribution in [0.5, 0.6) is 0 Å². The zero-order valence-electron chi connectivity index (χ0n) is 14.7. The second-order valence-electron chi connectivity index (χ2n) is 6.38. The first-order valence-electron chi connectivity index (χ1n) is 8.56. The maximum atomic E-state index is 14.4. The number of aliphatic hydroxyl groups is 1. The monoisotopic (exact) mass is 391 g/mol. The van der Waals surface area contributed by atoms with Gasteiger partial charge < -0.3 is 5.11 Å².